The third-order valence-corrected chi connectivity index (χ3v) is 4.79. The predicted molar refractivity (Wildman–Crippen MR) is 85.2 cm³/mol. The van der Waals surface area contributed by atoms with Crippen molar-refractivity contribution in [3.63, 3.8) is 0 Å². The Morgan fingerprint density at radius 1 is 1.25 bits per heavy atom. The molecule has 0 spiro atoms. The second-order valence-corrected chi connectivity index (χ2v) is 6.43. The molecule has 1 heterocycles. The number of benzene rings is 2. The van der Waals surface area contributed by atoms with Gasteiger partial charge in [0.05, 0.1) is 0 Å². The summed E-state index contributed by atoms with van der Waals surface area (Å²) >= 11 is 9.54. The summed E-state index contributed by atoms with van der Waals surface area (Å²) in [5.41, 5.74) is 9.60. The van der Waals surface area contributed by atoms with Crippen molar-refractivity contribution in [3.8, 4) is 5.75 Å². The lowest BCUT2D eigenvalue weighted by atomic mass is 9.93. The first-order valence-electron chi connectivity index (χ1n) is 6.52. The maximum absolute atomic E-state index is 6.26. The predicted octanol–water partition coefficient (Wildman–Crippen LogP) is 4.93. The fourth-order valence-electron chi connectivity index (χ4n) is 2.55. The van der Waals surface area contributed by atoms with E-state index in [4.69, 9.17) is 22.1 Å². The normalized spacial score (nSPS) is 21.2. The highest BCUT2D eigenvalue weighted by Gasteiger charge is 2.27. The molecule has 2 aromatic rings. The van der Waals surface area contributed by atoms with Gasteiger partial charge < -0.3 is 10.5 Å². The van der Waals surface area contributed by atoms with Crippen molar-refractivity contribution in [2.75, 3.05) is 0 Å². The number of hydrogen-bond donors (Lipinski definition) is 1. The molecule has 104 valence electrons. The first-order chi connectivity index (χ1) is 9.54. The van der Waals surface area contributed by atoms with Gasteiger partial charge in [0.25, 0.3) is 0 Å². The van der Waals surface area contributed by atoms with Gasteiger partial charge in [-0.05, 0) is 42.3 Å². The average molecular weight is 353 g/mol. The van der Waals surface area contributed by atoms with Gasteiger partial charge in [0.2, 0.25) is 0 Å². The SMILES string of the molecule is Cc1cc(C2C[C@@H](N)c3cc(Cl)ccc3O2)ccc1Br. The van der Waals surface area contributed by atoms with Crippen LogP contribution in [0.25, 0.3) is 0 Å². The Hall–Kier alpha value is -1.03. The molecule has 4 heteroatoms. The maximum Gasteiger partial charge on any atom is 0.126 e. The standard InChI is InChI=1S/C16H15BrClNO/c1-9-6-10(2-4-13(9)17)16-8-14(19)12-7-11(18)3-5-15(12)20-16/h2-7,14,16H,8,19H2,1H3/t14-,16?/m1/s1. The van der Waals surface area contributed by atoms with E-state index >= 15 is 0 Å². The number of fused-ring (bicyclic) bond motifs is 1. The van der Waals surface area contributed by atoms with Crippen LogP contribution in [-0.4, -0.2) is 0 Å². The zero-order valence-corrected chi connectivity index (χ0v) is 13.4. The summed E-state index contributed by atoms with van der Waals surface area (Å²) in [6, 6.07) is 11.9. The third kappa shape index (κ3) is 2.58. The van der Waals surface area contributed by atoms with Gasteiger partial charge >= 0.3 is 0 Å². The molecule has 1 aliphatic rings. The van der Waals surface area contributed by atoms with Gasteiger partial charge in [-0.2, -0.15) is 0 Å². The Kier molecular flexibility index (Phi) is 3.76. The molecular weight excluding hydrogens is 338 g/mol. The highest BCUT2D eigenvalue weighted by Crippen LogP contribution is 2.41. The van der Waals surface area contributed by atoms with Crippen LogP contribution in [0, 0.1) is 6.92 Å². The van der Waals surface area contributed by atoms with Gasteiger partial charge in [-0.3, -0.25) is 0 Å². The molecule has 1 aliphatic heterocycles. The Morgan fingerprint density at radius 3 is 2.80 bits per heavy atom. The first-order valence-corrected chi connectivity index (χ1v) is 7.69. The van der Waals surface area contributed by atoms with E-state index in [2.05, 4.69) is 41.1 Å². The van der Waals surface area contributed by atoms with Gasteiger partial charge in [0, 0.05) is 27.5 Å². The molecule has 2 N–H and O–H groups in total. The van der Waals surface area contributed by atoms with Crippen molar-refractivity contribution in [1.29, 1.82) is 0 Å². The molecule has 3 rings (SSSR count). The summed E-state index contributed by atoms with van der Waals surface area (Å²) < 4.78 is 7.19. The van der Waals surface area contributed by atoms with E-state index in [0.29, 0.717) is 5.02 Å². The fraction of sp³-hybridized carbons (Fsp3) is 0.250. The third-order valence-electron chi connectivity index (χ3n) is 3.66. The number of aryl methyl sites for hydroxylation is 1. The van der Waals surface area contributed by atoms with E-state index in [1.807, 2.05) is 18.2 Å². The molecule has 2 nitrogen and oxygen atoms in total. The van der Waals surface area contributed by atoms with Crippen molar-refractivity contribution >= 4 is 27.5 Å². The smallest absolute Gasteiger partial charge is 0.126 e. The number of nitrogens with two attached hydrogens (primary N) is 1. The summed E-state index contributed by atoms with van der Waals surface area (Å²) in [5.74, 6) is 0.832. The summed E-state index contributed by atoms with van der Waals surface area (Å²) in [6.45, 7) is 2.07. The molecule has 0 amide bonds. The van der Waals surface area contributed by atoms with Crippen molar-refractivity contribution in [1.82, 2.24) is 0 Å². The summed E-state index contributed by atoms with van der Waals surface area (Å²) in [6.07, 6.45) is 0.750. The van der Waals surface area contributed by atoms with Crippen LogP contribution < -0.4 is 10.5 Å². The van der Waals surface area contributed by atoms with Crippen molar-refractivity contribution < 1.29 is 4.74 Å². The van der Waals surface area contributed by atoms with E-state index < -0.39 is 0 Å². The molecule has 0 bridgehead atoms. The van der Waals surface area contributed by atoms with E-state index in [1.165, 1.54) is 5.56 Å². The second kappa shape index (κ2) is 5.40. The van der Waals surface area contributed by atoms with Crippen molar-refractivity contribution in [2.24, 2.45) is 5.73 Å². The Labute approximate surface area is 132 Å². The van der Waals surface area contributed by atoms with Crippen molar-refractivity contribution in [3.05, 3.63) is 62.6 Å². The topological polar surface area (TPSA) is 35.2 Å². The Bertz CT molecular complexity index is 659. The number of ether oxygens (including phenoxy) is 1. The van der Waals surface area contributed by atoms with Gasteiger partial charge in [0.15, 0.2) is 0 Å². The van der Waals surface area contributed by atoms with Crippen LogP contribution in [0.1, 0.15) is 35.3 Å². The molecule has 20 heavy (non-hydrogen) atoms. The molecule has 0 radical (unpaired) electrons. The summed E-state index contributed by atoms with van der Waals surface area (Å²) in [4.78, 5) is 0. The zero-order chi connectivity index (χ0) is 14.3. The lowest BCUT2D eigenvalue weighted by molar-refractivity contribution is 0.161. The largest absolute Gasteiger partial charge is 0.485 e. The van der Waals surface area contributed by atoms with Crippen LogP contribution in [0.4, 0.5) is 0 Å². The van der Waals surface area contributed by atoms with Gasteiger partial charge in [-0.15, -0.1) is 0 Å². The highest BCUT2D eigenvalue weighted by molar-refractivity contribution is 9.10. The minimum absolute atomic E-state index is 0.00882. The van der Waals surface area contributed by atoms with E-state index in [9.17, 15) is 0 Å². The molecule has 0 saturated carbocycles. The van der Waals surface area contributed by atoms with Gasteiger partial charge in [0.1, 0.15) is 11.9 Å². The molecule has 2 aromatic carbocycles. The van der Waals surface area contributed by atoms with Gasteiger partial charge in [-0.1, -0.05) is 39.7 Å². The van der Waals surface area contributed by atoms with Crippen LogP contribution in [0.2, 0.25) is 5.02 Å². The number of rotatable bonds is 1. The summed E-state index contributed by atoms with van der Waals surface area (Å²) in [7, 11) is 0. The second-order valence-electron chi connectivity index (χ2n) is 5.14. The lowest BCUT2D eigenvalue weighted by Gasteiger charge is -2.31. The molecular formula is C16H15BrClNO. The Morgan fingerprint density at radius 2 is 2.05 bits per heavy atom. The van der Waals surface area contributed by atoms with E-state index in [0.717, 1.165) is 27.8 Å². The van der Waals surface area contributed by atoms with Crippen LogP contribution >= 0.6 is 27.5 Å². The number of hydrogen-bond acceptors (Lipinski definition) is 2. The van der Waals surface area contributed by atoms with Crippen LogP contribution in [0.3, 0.4) is 0 Å². The Balaban J connectivity index is 1.94. The van der Waals surface area contributed by atoms with Crippen molar-refractivity contribution in [2.45, 2.75) is 25.5 Å². The quantitative estimate of drug-likeness (QED) is 0.789. The van der Waals surface area contributed by atoms with Crippen LogP contribution in [-0.2, 0) is 0 Å². The monoisotopic (exact) mass is 351 g/mol. The molecule has 0 saturated heterocycles. The van der Waals surface area contributed by atoms with Gasteiger partial charge in [-0.25, -0.2) is 0 Å². The minimum atomic E-state index is -0.0496. The van der Waals surface area contributed by atoms with Crippen LogP contribution in [0.5, 0.6) is 5.75 Å². The zero-order valence-electron chi connectivity index (χ0n) is 11.1. The molecule has 0 fully saturated rings. The number of halogens is 2. The van der Waals surface area contributed by atoms with Crippen LogP contribution in [0.15, 0.2) is 40.9 Å². The first kappa shape index (κ1) is 13.9. The lowest BCUT2D eigenvalue weighted by Crippen LogP contribution is -2.24. The van der Waals surface area contributed by atoms with E-state index in [-0.39, 0.29) is 12.1 Å². The average Bonchev–Trinajstić information content (AvgIpc) is 2.42. The molecule has 0 aromatic heterocycles. The molecule has 1 unspecified atom stereocenters. The summed E-state index contributed by atoms with van der Waals surface area (Å²) in [5, 5.41) is 0.695. The highest BCUT2D eigenvalue weighted by atomic mass is 79.9. The molecule has 2 atom stereocenters. The molecule has 0 aliphatic carbocycles. The fourth-order valence-corrected chi connectivity index (χ4v) is 2.97. The maximum atomic E-state index is 6.26. The minimum Gasteiger partial charge on any atom is -0.485 e. The van der Waals surface area contributed by atoms with E-state index in [1.54, 1.807) is 0 Å².